The van der Waals surface area contributed by atoms with E-state index in [1.54, 1.807) is 0 Å². The maximum absolute atomic E-state index is 4.91. The van der Waals surface area contributed by atoms with E-state index >= 15 is 0 Å². The number of aryl methyl sites for hydroxylation is 1. The lowest BCUT2D eigenvalue weighted by atomic mass is 10.2. The summed E-state index contributed by atoms with van der Waals surface area (Å²) in [6, 6.07) is 6.06. The second kappa shape index (κ2) is 1.41. The van der Waals surface area contributed by atoms with Gasteiger partial charge in [-0.3, -0.25) is 0 Å². The van der Waals surface area contributed by atoms with Crippen LogP contribution in [-0.2, 0) is 0 Å². The van der Waals surface area contributed by atoms with Gasteiger partial charge in [-0.1, -0.05) is 6.07 Å². The van der Waals surface area contributed by atoms with Gasteiger partial charge >= 0.3 is 0 Å². The van der Waals surface area contributed by atoms with E-state index in [1.807, 2.05) is 25.1 Å². The Kier molecular flexibility index (Phi) is 0.730. The average molecular weight is 121 g/mol. The maximum Gasteiger partial charge on any atom is 0.181 e. The van der Waals surface area contributed by atoms with Gasteiger partial charge < -0.3 is 4.52 Å². The third-order valence-corrected chi connectivity index (χ3v) is 1.41. The summed E-state index contributed by atoms with van der Waals surface area (Å²) in [6.45, 7) is 2.04. The monoisotopic (exact) mass is 121 g/mol. The lowest BCUT2D eigenvalue weighted by molar-refractivity contribution is 0.424. The minimum absolute atomic E-state index is 0.954. The molecule has 1 heterocycles. The molecule has 0 aliphatic heterocycles. The lowest BCUT2D eigenvalue weighted by Crippen LogP contribution is -1.82. The zero-order valence-electron chi connectivity index (χ0n) is 5.14. The summed E-state index contributed by atoms with van der Waals surface area (Å²) >= 11 is 0. The largest absolute Gasteiger partial charge is 0.380 e. The van der Waals surface area contributed by atoms with Gasteiger partial charge in [0.15, 0.2) is 5.58 Å². The second-order valence-corrected chi connectivity index (χ2v) is 2.20. The molecular weight excluding hydrogens is 114 g/mol. The van der Waals surface area contributed by atoms with Crippen molar-refractivity contribution in [3.05, 3.63) is 23.8 Å². The fourth-order valence-electron chi connectivity index (χ4n) is 0.862. The van der Waals surface area contributed by atoms with Gasteiger partial charge in [-0.05, 0) is 24.6 Å². The first-order valence-corrected chi connectivity index (χ1v) is 2.90. The SMILES string of the molecule is Cc1ccc2[nH]oc2c1. The van der Waals surface area contributed by atoms with Crippen molar-refractivity contribution >= 4 is 11.1 Å². The highest BCUT2D eigenvalue weighted by Gasteiger charge is 1.97. The first kappa shape index (κ1) is 4.68. The van der Waals surface area contributed by atoms with Crippen molar-refractivity contribution in [2.75, 3.05) is 0 Å². The predicted molar refractivity (Wildman–Crippen MR) is 35.3 cm³/mol. The maximum atomic E-state index is 4.91. The number of hydrogen-bond donors (Lipinski definition) is 1. The van der Waals surface area contributed by atoms with E-state index in [9.17, 15) is 0 Å². The predicted octanol–water partition coefficient (Wildman–Crippen LogP) is 2.07. The normalized spacial score (nSPS) is 10.8. The van der Waals surface area contributed by atoms with Gasteiger partial charge in [0.25, 0.3) is 0 Å². The Hall–Kier alpha value is -1.18. The van der Waals surface area contributed by atoms with Crippen molar-refractivity contribution < 1.29 is 4.52 Å². The molecular formula is C7H7NO. The van der Waals surface area contributed by atoms with Gasteiger partial charge in [-0.2, -0.15) is 0 Å². The number of benzene rings is 1. The number of rotatable bonds is 0. The number of nitrogens with one attached hydrogen (secondary N) is 1. The summed E-state index contributed by atoms with van der Waals surface area (Å²) in [7, 11) is 0. The van der Waals surface area contributed by atoms with E-state index in [0.29, 0.717) is 0 Å². The van der Waals surface area contributed by atoms with Crippen LogP contribution in [0.1, 0.15) is 5.56 Å². The van der Waals surface area contributed by atoms with Gasteiger partial charge in [-0.15, -0.1) is 0 Å². The molecule has 0 bridgehead atoms. The van der Waals surface area contributed by atoms with Crippen LogP contribution in [0, 0.1) is 6.92 Å². The van der Waals surface area contributed by atoms with Crippen LogP contribution in [0.15, 0.2) is 22.7 Å². The number of hydrogen-bond acceptors (Lipinski definition) is 1. The van der Waals surface area contributed by atoms with E-state index < -0.39 is 0 Å². The topological polar surface area (TPSA) is 28.9 Å². The summed E-state index contributed by atoms with van der Waals surface area (Å²) in [5.74, 6) is 0. The molecule has 0 amide bonds. The Labute approximate surface area is 52.4 Å². The molecule has 2 aromatic rings. The van der Waals surface area contributed by atoms with Crippen molar-refractivity contribution in [3.8, 4) is 0 Å². The Bertz CT molecular complexity index is 318. The molecule has 0 aliphatic rings. The van der Waals surface area contributed by atoms with Gasteiger partial charge in [0.1, 0.15) is 5.52 Å². The van der Waals surface area contributed by atoms with Crippen LogP contribution in [0.5, 0.6) is 0 Å². The molecule has 0 spiro atoms. The van der Waals surface area contributed by atoms with E-state index in [1.165, 1.54) is 5.56 Å². The molecule has 1 aromatic heterocycles. The molecule has 0 saturated carbocycles. The lowest BCUT2D eigenvalue weighted by Gasteiger charge is -1.99. The van der Waals surface area contributed by atoms with Crippen molar-refractivity contribution in [3.63, 3.8) is 0 Å². The van der Waals surface area contributed by atoms with Crippen molar-refractivity contribution in [2.45, 2.75) is 6.92 Å². The van der Waals surface area contributed by atoms with Gasteiger partial charge in [0.2, 0.25) is 0 Å². The molecule has 0 atom stereocenters. The van der Waals surface area contributed by atoms with Crippen molar-refractivity contribution in [1.29, 1.82) is 0 Å². The van der Waals surface area contributed by atoms with Gasteiger partial charge in [-0.25, -0.2) is 5.16 Å². The molecule has 0 radical (unpaired) electrons. The molecule has 2 nitrogen and oxygen atoms in total. The van der Waals surface area contributed by atoms with Crippen LogP contribution in [0.3, 0.4) is 0 Å². The third kappa shape index (κ3) is 0.560. The minimum Gasteiger partial charge on any atom is -0.380 e. The molecule has 0 unspecified atom stereocenters. The third-order valence-electron chi connectivity index (χ3n) is 1.41. The molecule has 1 N–H and O–H groups in total. The average Bonchev–Trinajstić information content (AvgIpc) is 1.78. The summed E-state index contributed by atoms with van der Waals surface area (Å²) in [4.78, 5) is 0. The van der Waals surface area contributed by atoms with E-state index in [4.69, 9.17) is 4.52 Å². The molecule has 0 aliphatic carbocycles. The quantitative estimate of drug-likeness (QED) is 0.568. The zero-order valence-corrected chi connectivity index (χ0v) is 5.14. The molecule has 2 heteroatoms. The smallest absolute Gasteiger partial charge is 0.181 e. The van der Waals surface area contributed by atoms with Crippen LogP contribution in [-0.4, -0.2) is 5.16 Å². The molecule has 9 heavy (non-hydrogen) atoms. The summed E-state index contributed by atoms with van der Waals surface area (Å²) in [5.41, 5.74) is 3.27. The fraction of sp³-hybridized carbons (Fsp3) is 0.143. The summed E-state index contributed by atoms with van der Waals surface area (Å²) in [5, 5.41) is 2.72. The molecule has 46 valence electrons. The number of aromatic amines is 1. The van der Waals surface area contributed by atoms with Crippen molar-refractivity contribution in [1.82, 2.24) is 5.16 Å². The second-order valence-electron chi connectivity index (χ2n) is 2.20. The zero-order chi connectivity index (χ0) is 6.27. The Morgan fingerprint density at radius 2 is 2.33 bits per heavy atom. The molecule has 0 saturated heterocycles. The Morgan fingerprint density at radius 1 is 1.44 bits per heavy atom. The molecule has 1 aromatic carbocycles. The highest BCUT2D eigenvalue weighted by atomic mass is 16.5. The van der Waals surface area contributed by atoms with Crippen LogP contribution >= 0.6 is 0 Å². The standard InChI is InChI=1S/C7H7NO/c1-5-2-3-6-7(4-5)9-8-6/h2-4,8H,1H3. The van der Waals surface area contributed by atoms with Gasteiger partial charge in [0, 0.05) is 0 Å². The summed E-state index contributed by atoms with van der Waals surface area (Å²) in [6.07, 6.45) is 0. The van der Waals surface area contributed by atoms with Gasteiger partial charge in [0.05, 0.1) is 0 Å². The fourth-order valence-corrected chi connectivity index (χ4v) is 0.862. The highest BCUT2D eigenvalue weighted by molar-refractivity contribution is 5.73. The van der Waals surface area contributed by atoms with E-state index in [2.05, 4.69) is 5.16 Å². The molecule has 0 fully saturated rings. The minimum atomic E-state index is 0.954. The van der Waals surface area contributed by atoms with Crippen LogP contribution < -0.4 is 0 Å². The van der Waals surface area contributed by atoms with E-state index in [0.717, 1.165) is 11.1 Å². The first-order valence-electron chi connectivity index (χ1n) is 2.90. The number of H-pyrrole nitrogens is 1. The number of fused-ring (bicyclic) bond motifs is 1. The van der Waals surface area contributed by atoms with Crippen LogP contribution in [0.25, 0.3) is 11.1 Å². The first-order chi connectivity index (χ1) is 4.36. The van der Waals surface area contributed by atoms with E-state index in [-0.39, 0.29) is 0 Å². The molecule has 2 rings (SSSR count). The number of aromatic nitrogens is 1. The summed E-state index contributed by atoms with van der Waals surface area (Å²) < 4.78 is 4.91. The Morgan fingerprint density at radius 3 is 2.78 bits per heavy atom. The highest BCUT2D eigenvalue weighted by Crippen LogP contribution is 2.14. The van der Waals surface area contributed by atoms with Crippen LogP contribution in [0.2, 0.25) is 0 Å². The van der Waals surface area contributed by atoms with Crippen molar-refractivity contribution in [2.24, 2.45) is 0 Å². The Balaban J connectivity index is 2.78. The van der Waals surface area contributed by atoms with Crippen LogP contribution in [0.4, 0.5) is 0 Å².